The van der Waals surface area contributed by atoms with E-state index in [1.54, 1.807) is 24.5 Å². The van der Waals surface area contributed by atoms with Crippen LogP contribution in [0.5, 0.6) is 0 Å². The van der Waals surface area contributed by atoms with Gasteiger partial charge in [-0.25, -0.2) is 5.43 Å². The van der Waals surface area contributed by atoms with Crippen LogP contribution in [-0.2, 0) is 0 Å². The summed E-state index contributed by atoms with van der Waals surface area (Å²) >= 11 is 0. The van der Waals surface area contributed by atoms with Crippen molar-refractivity contribution in [2.24, 2.45) is 5.10 Å². The molecule has 24 heavy (non-hydrogen) atoms. The molecule has 0 unspecified atom stereocenters. The molecule has 0 atom stereocenters. The zero-order valence-corrected chi connectivity index (χ0v) is 14.3. The van der Waals surface area contributed by atoms with E-state index in [1.165, 1.54) is 49.7 Å². The Morgan fingerprint density at radius 2 is 2.12 bits per heavy atom. The van der Waals surface area contributed by atoms with Gasteiger partial charge in [0, 0.05) is 35.4 Å². The lowest BCUT2D eigenvalue weighted by Crippen LogP contribution is -2.18. The first-order valence-electron chi connectivity index (χ1n) is 8.58. The van der Waals surface area contributed by atoms with Crippen LogP contribution in [0.3, 0.4) is 0 Å². The molecular formula is C19H24N4O. The number of hydrogen-bond acceptors (Lipinski definition) is 3. The SMILES string of the molecule is Cc1cc(/C=N\NC(=O)c2cccnc2)c(C)n1C1CCCCC1. The molecule has 0 bridgehead atoms. The summed E-state index contributed by atoms with van der Waals surface area (Å²) in [7, 11) is 0. The summed E-state index contributed by atoms with van der Waals surface area (Å²) in [5.41, 5.74) is 6.61. The number of hydrazone groups is 1. The first-order valence-corrected chi connectivity index (χ1v) is 8.58. The summed E-state index contributed by atoms with van der Waals surface area (Å²) in [5.74, 6) is -0.250. The molecule has 2 aromatic rings. The minimum absolute atomic E-state index is 0.250. The zero-order chi connectivity index (χ0) is 16.9. The molecule has 1 aliphatic carbocycles. The highest BCUT2D eigenvalue weighted by Crippen LogP contribution is 2.31. The molecule has 0 saturated heterocycles. The molecule has 5 heteroatoms. The first kappa shape index (κ1) is 16.4. The number of carbonyl (C=O) groups excluding carboxylic acids is 1. The maximum Gasteiger partial charge on any atom is 0.272 e. The third-order valence-electron chi connectivity index (χ3n) is 4.76. The van der Waals surface area contributed by atoms with Crippen molar-refractivity contribution in [2.45, 2.75) is 52.0 Å². The van der Waals surface area contributed by atoms with Gasteiger partial charge in [-0.1, -0.05) is 19.3 Å². The van der Waals surface area contributed by atoms with Crippen molar-refractivity contribution in [2.75, 3.05) is 0 Å². The molecule has 1 amide bonds. The summed E-state index contributed by atoms with van der Waals surface area (Å²) in [6, 6.07) is 6.19. The molecule has 0 aromatic carbocycles. The van der Waals surface area contributed by atoms with E-state index in [9.17, 15) is 4.79 Å². The highest BCUT2D eigenvalue weighted by molar-refractivity contribution is 5.94. The van der Waals surface area contributed by atoms with E-state index < -0.39 is 0 Å². The Hall–Kier alpha value is -2.43. The number of amides is 1. The predicted octanol–water partition coefficient (Wildman–Crippen LogP) is 3.77. The maximum atomic E-state index is 12.0. The number of hydrogen-bond donors (Lipinski definition) is 1. The molecule has 1 N–H and O–H groups in total. The van der Waals surface area contributed by atoms with E-state index >= 15 is 0 Å². The smallest absolute Gasteiger partial charge is 0.272 e. The largest absolute Gasteiger partial charge is 0.345 e. The molecule has 1 saturated carbocycles. The Labute approximate surface area is 142 Å². The van der Waals surface area contributed by atoms with Gasteiger partial charge in [0.05, 0.1) is 11.8 Å². The van der Waals surface area contributed by atoms with Gasteiger partial charge >= 0.3 is 0 Å². The van der Waals surface area contributed by atoms with Crippen molar-refractivity contribution < 1.29 is 4.79 Å². The van der Waals surface area contributed by atoms with Crippen LogP contribution in [0.15, 0.2) is 35.7 Å². The average molecular weight is 324 g/mol. The fourth-order valence-corrected chi connectivity index (χ4v) is 3.56. The van der Waals surface area contributed by atoms with E-state index in [0.717, 1.165) is 5.56 Å². The lowest BCUT2D eigenvalue weighted by Gasteiger charge is -2.26. The lowest BCUT2D eigenvalue weighted by atomic mass is 9.95. The summed E-state index contributed by atoms with van der Waals surface area (Å²) in [4.78, 5) is 15.9. The molecule has 5 nitrogen and oxygen atoms in total. The van der Waals surface area contributed by atoms with Crippen LogP contribution in [0, 0.1) is 13.8 Å². The molecule has 0 spiro atoms. The Bertz CT molecular complexity index is 727. The molecular weight excluding hydrogens is 300 g/mol. The van der Waals surface area contributed by atoms with Crippen LogP contribution in [-0.4, -0.2) is 21.7 Å². The van der Waals surface area contributed by atoms with Gasteiger partial charge in [-0.05, 0) is 44.9 Å². The van der Waals surface area contributed by atoms with E-state index in [2.05, 4.69) is 40.0 Å². The van der Waals surface area contributed by atoms with Crippen LogP contribution in [0.2, 0.25) is 0 Å². The van der Waals surface area contributed by atoms with Crippen molar-refractivity contribution in [3.05, 3.63) is 53.1 Å². The van der Waals surface area contributed by atoms with E-state index in [0.29, 0.717) is 11.6 Å². The van der Waals surface area contributed by atoms with Gasteiger partial charge < -0.3 is 4.57 Å². The molecule has 3 rings (SSSR count). The third kappa shape index (κ3) is 3.55. The summed E-state index contributed by atoms with van der Waals surface area (Å²) < 4.78 is 2.43. The number of nitrogens with one attached hydrogen (secondary N) is 1. The van der Waals surface area contributed by atoms with Crippen molar-refractivity contribution in [1.29, 1.82) is 0 Å². The minimum atomic E-state index is -0.250. The van der Waals surface area contributed by atoms with Crippen molar-refractivity contribution in [1.82, 2.24) is 15.0 Å². The van der Waals surface area contributed by atoms with Gasteiger partial charge in [-0.15, -0.1) is 0 Å². The van der Waals surface area contributed by atoms with Crippen molar-refractivity contribution in [3.8, 4) is 0 Å². The molecule has 0 radical (unpaired) electrons. The van der Waals surface area contributed by atoms with Crippen LogP contribution in [0.25, 0.3) is 0 Å². The van der Waals surface area contributed by atoms with Gasteiger partial charge in [-0.3, -0.25) is 9.78 Å². The minimum Gasteiger partial charge on any atom is -0.345 e. The number of pyridine rings is 1. The van der Waals surface area contributed by atoms with Crippen LogP contribution in [0.4, 0.5) is 0 Å². The van der Waals surface area contributed by atoms with E-state index in [4.69, 9.17) is 0 Å². The number of rotatable bonds is 4. The van der Waals surface area contributed by atoms with Crippen molar-refractivity contribution in [3.63, 3.8) is 0 Å². The fourth-order valence-electron chi connectivity index (χ4n) is 3.56. The Balaban J connectivity index is 1.70. The normalized spacial score (nSPS) is 15.8. The van der Waals surface area contributed by atoms with Crippen LogP contribution >= 0.6 is 0 Å². The highest BCUT2D eigenvalue weighted by Gasteiger charge is 2.19. The predicted molar refractivity (Wildman–Crippen MR) is 95.3 cm³/mol. The molecule has 126 valence electrons. The Morgan fingerprint density at radius 1 is 1.33 bits per heavy atom. The van der Waals surface area contributed by atoms with Gasteiger partial charge in [0.15, 0.2) is 0 Å². The Kier molecular flexibility index (Phi) is 5.08. The van der Waals surface area contributed by atoms with Crippen LogP contribution < -0.4 is 5.43 Å². The second-order valence-corrected chi connectivity index (χ2v) is 6.43. The second kappa shape index (κ2) is 7.43. The quantitative estimate of drug-likeness (QED) is 0.687. The number of nitrogens with zero attached hydrogens (tertiary/aromatic N) is 3. The zero-order valence-electron chi connectivity index (χ0n) is 14.3. The third-order valence-corrected chi connectivity index (χ3v) is 4.76. The topological polar surface area (TPSA) is 59.3 Å². The molecule has 2 heterocycles. The van der Waals surface area contributed by atoms with Crippen LogP contribution in [0.1, 0.15) is 65.5 Å². The second-order valence-electron chi connectivity index (χ2n) is 6.43. The fraction of sp³-hybridized carbons (Fsp3) is 0.421. The average Bonchev–Trinajstić information content (AvgIpc) is 2.90. The number of aromatic nitrogens is 2. The lowest BCUT2D eigenvalue weighted by molar-refractivity contribution is 0.0955. The van der Waals surface area contributed by atoms with E-state index in [1.807, 2.05) is 0 Å². The van der Waals surface area contributed by atoms with Gasteiger partial charge in [0.25, 0.3) is 5.91 Å². The highest BCUT2D eigenvalue weighted by atomic mass is 16.2. The molecule has 1 aliphatic rings. The summed E-state index contributed by atoms with van der Waals surface area (Å²) in [6.07, 6.45) is 11.4. The molecule has 2 aromatic heterocycles. The Morgan fingerprint density at radius 3 is 2.83 bits per heavy atom. The van der Waals surface area contributed by atoms with Gasteiger partial charge in [-0.2, -0.15) is 5.10 Å². The number of carbonyl (C=O) groups is 1. The standard InChI is InChI=1S/C19H24N4O/c1-14-11-17(15(2)23(14)18-8-4-3-5-9-18)13-21-22-19(24)16-7-6-10-20-12-16/h6-7,10-13,18H,3-5,8-9H2,1-2H3,(H,22,24)/b21-13-. The number of aryl methyl sites for hydroxylation is 1. The van der Waals surface area contributed by atoms with Crippen molar-refractivity contribution >= 4 is 12.1 Å². The maximum absolute atomic E-state index is 12.0. The summed E-state index contributed by atoms with van der Waals surface area (Å²) in [5, 5.41) is 4.11. The first-order chi connectivity index (χ1) is 11.7. The summed E-state index contributed by atoms with van der Waals surface area (Å²) in [6.45, 7) is 4.28. The molecule has 0 aliphatic heterocycles. The van der Waals surface area contributed by atoms with Gasteiger partial charge in [0.2, 0.25) is 0 Å². The molecule has 1 fully saturated rings. The van der Waals surface area contributed by atoms with E-state index in [-0.39, 0.29) is 5.91 Å². The monoisotopic (exact) mass is 324 g/mol. The van der Waals surface area contributed by atoms with Gasteiger partial charge in [0.1, 0.15) is 0 Å².